The summed E-state index contributed by atoms with van der Waals surface area (Å²) < 4.78 is 31.6. The molecule has 2 N–H and O–H groups in total. The lowest BCUT2D eigenvalue weighted by Gasteiger charge is -2.11. The van der Waals surface area contributed by atoms with E-state index in [0.29, 0.717) is 17.9 Å². The van der Waals surface area contributed by atoms with E-state index >= 15 is 0 Å². The Kier molecular flexibility index (Phi) is 5.00. The van der Waals surface area contributed by atoms with Crippen molar-refractivity contribution in [3.8, 4) is 0 Å². The van der Waals surface area contributed by atoms with E-state index < -0.39 is 11.6 Å². The summed E-state index contributed by atoms with van der Waals surface area (Å²) in [5, 5.41) is 5.70. The molecular weight excluding hydrogens is 316 g/mol. The van der Waals surface area contributed by atoms with Crippen LogP contribution in [-0.2, 0) is 4.74 Å². The first-order valence-electron chi connectivity index (χ1n) is 7.70. The van der Waals surface area contributed by atoms with Gasteiger partial charge in [0.2, 0.25) is 0 Å². The number of amides is 1. The lowest BCUT2D eigenvalue weighted by Crippen LogP contribution is -2.32. The van der Waals surface area contributed by atoms with E-state index in [-0.39, 0.29) is 17.7 Å². The minimum absolute atomic E-state index is 0.0532. The number of pyridine rings is 1. The highest BCUT2D eigenvalue weighted by molar-refractivity contribution is 5.93. The quantitative estimate of drug-likeness (QED) is 0.883. The molecule has 1 saturated heterocycles. The molecule has 2 aromatic rings. The molecule has 7 heteroatoms. The second-order valence-corrected chi connectivity index (χ2v) is 5.53. The monoisotopic (exact) mass is 333 g/mol. The number of hydrogen-bond acceptors (Lipinski definition) is 4. The molecular formula is C17H17F2N3O2. The minimum Gasteiger partial charge on any atom is -0.376 e. The van der Waals surface area contributed by atoms with Gasteiger partial charge in [0.05, 0.1) is 6.10 Å². The smallest absolute Gasteiger partial charge is 0.270 e. The Hall–Kier alpha value is -2.54. The molecule has 1 amide bonds. The maximum absolute atomic E-state index is 13.2. The topological polar surface area (TPSA) is 63.2 Å². The first-order valence-corrected chi connectivity index (χ1v) is 7.70. The van der Waals surface area contributed by atoms with Gasteiger partial charge in [-0.1, -0.05) is 0 Å². The van der Waals surface area contributed by atoms with Gasteiger partial charge in [0, 0.05) is 36.8 Å². The number of hydrogen-bond donors (Lipinski definition) is 2. The normalized spacial score (nSPS) is 16.8. The summed E-state index contributed by atoms with van der Waals surface area (Å²) in [4.78, 5) is 16.2. The van der Waals surface area contributed by atoms with Gasteiger partial charge in [-0.15, -0.1) is 0 Å². The molecule has 5 nitrogen and oxygen atoms in total. The molecule has 0 radical (unpaired) electrons. The van der Waals surface area contributed by atoms with Gasteiger partial charge in [0.1, 0.15) is 5.69 Å². The maximum Gasteiger partial charge on any atom is 0.270 e. The molecule has 1 aliphatic rings. The molecule has 0 spiro atoms. The van der Waals surface area contributed by atoms with Crippen LogP contribution >= 0.6 is 0 Å². The highest BCUT2D eigenvalue weighted by Gasteiger charge is 2.17. The second-order valence-electron chi connectivity index (χ2n) is 5.53. The van der Waals surface area contributed by atoms with Crippen LogP contribution in [0.1, 0.15) is 23.3 Å². The molecule has 1 aliphatic heterocycles. The first-order chi connectivity index (χ1) is 11.6. The predicted molar refractivity (Wildman–Crippen MR) is 85.2 cm³/mol. The molecule has 1 atom stereocenters. The Bertz CT molecular complexity index is 734. The molecule has 1 aromatic heterocycles. The zero-order chi connectivity index (χ0) is 16.9. The van der Waals surface area contributed by atoms with Gasteiger partial charge in [0.15, 0.2) is 11.6 Å². The van der Waals surface area contributed by atoms with Crippen molar-refractivity contribution in [1.29, 1.82) is 0 Å². The van der Waals surface area contributed by atoms with E-state index in [1.165, 1.54) is 12.3 Å². The predicted octanol–water partition coefficient (Wildman–Crippen LogP) is 3.01. The van der Waals surface area contributed by atoms with Crippen molar-refractivity contribution in [1.82, 2.24) is 10.3 Å². The van der Waals surface area contributed by atoms with Gasteiger partial charge in [0.25, 0.3) is 5.91 Å². The van der Waals surface area contributed by atoms with E-state index in [1.807, 2.05) is 0 Å². The van der Waals surface area contributed by atoms with Crippen molar-refractivity contribution in [2.45, 2.75) is 18.9 Å². The van der Waals surface area contributed by atoms with Crippen LogP contribution in [0.25, 0.3) is 0 Å². The average Bonchev–Trinajstić information content (AvgIpc) is 3.10. The molecule has 2 heterocycles. The Morgan fingerprint density at radius 2 is 2.04 bits per heavy atom. The summed E-state index contributed by atoms with van der Waals surface area (Å²) in [5.41, 5.74) is 1.17. The minimum atomic E-state index is -0.941. The summed E-state index contributed by atoms with van der Waals surface area (Å²) in [6.07, 6.45) is 3.47. The molecule has 24 heavy (non-hydrogen) atoms. The van der Waals surface area contributed by atoms with E-state index in [4.69, 9.17) is 4.74 Å². The van der Waals surface area contributed by atoms with Gasteiger partial charge < -0.3 is 15.4 Å². The number of halogens is 2. The van der Waals surface area contributed by atoms with Gasteiger partial charge >= 0.3 is 0 Å². The van der Waals surface area contributed by atoms with E-state index in [1.54, 1.807) is 12.1 Å². The van der Waals surface area contributed by atoms with Crippen LogP contribution in [0, 0.1) is 11.6 Å². The first kappa shape index (κ1) is 16.3. The number of carbonyl (C=O) groups is 1. The Balaban J connectivity index is 1.64. The number of carbonyl (C=O) groups excluding carboxylic acids is 1. The highest BCUT2D eigenvalue weighted by Crippen LogP contribution is 2.19. The van der Waals surface area contributed by atoms with Crippen molar-refractivity contribution in [3.05, 3.63) is 53.9 Å². The number of ether oxygens (including phenoxy) is 1. The average molecular weight is 333 g/mol. The number of aromatic nitrogens is 1. The summed E-state index contributed by atoms with van der Waals surface area (Å²) in [5.74, 6) is -2.16. The van der Waals surface area contributed by atoms with Crippen LogP contribution in [0.15, 0.2) is 36.5 Å². The fourth-order valence-electron chi connectivity index (χ4n) is 2.48. The summed E-state index contributed by atoms with van der Waals surface area (Å²) in [7, 11) is 0. The largest absolute Gasteiger partial charge is 0.376 e. The van der Waals surface area contributed by atoms with Crippen LogP contribution in [0.5, 0.6) is 0 Å². The van der Waals surface area contributed by atoms with Crippen molar-refractivity contribution in [2.75, 3.05) is 18.5 Å². The Morgan fingerprint density at radius 1 is 1.21 bits per heavy atom. The van der Waals surface area contributed by atoms with E-state index in [2.05, 4.69) is 15.6 Å². The van der Waals surface area contributed by atoms with Crippen LogP contribution in [-0.4, -0.2) is 30.1 Å². The van der Waals surface area contributed by atoms with Crippen LogP contribution in [0.4, 0.5) is 20.2 Å². The third kappa shape index (κ3) is 4.05. The van der Waals surface area contributed by atoms with Crippen LogP contribution in [0.3, 0.4) is 0 Å². The van der Waals surface area contributed by atoms with Crippen molar-refractivity contribution >= 4 is 17.3 Å². The fraction of sp³-hybridized carbons (Fsp3) is 0.294. The van der Waals surface area contributed by atoms with Crippen molar-refractivity contribution in [2.24, 2.45) is 0 Å². The van der Waals surface area contributed by atoms with E-state index in [9.17, 15) is 13.6 Å². The van der Waals surface area contributed by atoms with Crippen molar-refractivity contribution in [3.63, 3.8) is 0 Å². The van der Waals surface area contributed by atoms with Gasteiger partial charge in [-0.25, -0.2) is 8.78 Å². The third-order valence-electron chi connectivity index (χ3n) is 3.72. The Morgan fingerprint density at radius 3 is 2.79 bits per heavy atom. The third-order valence-corrected chi connectivity index (χ3v) is 3.72. The Labute approximate surface area is 138 Å². The van der Waals surface area contributed by atoms with Gasteiger partial charge in [-0.2, -0.15) is 0 Å². The highest BCUT2D eigenvalue weighted by atomic mass is 19.2. The fourth-order valence-corrected chi connectivity index (χ4v) is 2.48. The van der Waals surface area contributed by atoms with Crippen molar-refractivity contribution < 1.29 is 18.3 Å². The number of benzene rings is 1. The SMILES string of the molecule is O=C(NCC1CCCO1)c1cc(Nc2ccc(F)c(F)c2)ccn1. The molecule has 3 rings (SSSR count). The summed E-state index contributed by atoms with van der Waals surface area (Å²) in [6, 6.07) is 6.68. The zero-order valence-electron chi connectivity index (χ0n) is 12.9. The number of nitrogens with one attached hydrogen (secondary N) is 2. The van der Waals surface area contributed by atoms with Crippen LogP contribution in [0.2, 0.25) is 0 Å². The molecule has 1 aromatic carbocycles. The summed E-state index contributed by atoms with van der Waals surface area (Å²) >= 11 is 0. The second kappa shape index (κ2) is 7.35. The number of anilines is 2. The molecule has 0 saturated carbocycles. The van der Waals surface area contributed by atoms with Gasteiger partial charge in [-0.05, 0) is 37.1 Å². The van der Waals surface area contributed by atoms with Gasteiger partial charge in [-0.3, -0.25) is 9.78 Å². The maximum atomic E-state index is 13.2. The number of rotatable bonds is 5. The molecule has 1 unspecified atom stereocenters. The molecule has 0 aliphatic carbocycles. The summed E-state index contributed by atoms with van der Waals surface area (Å²) in [6.45, 7) is 1.17. The van der Waals surface area contributed by atoms with Crippen LogP contribution < -0.4 is 10.6 Å². The standard InChI is InChI=1S/C17H17F2N3O2/c18-14-4-3-11(8-15(14)19)22-12-5-6-20-16(9-12)17(23)21-10-13-2-1-7-24-13/h3-6,8-9,13H,1-2,7,10H2,(H,20,22)(H,21,23). The molecule has 126 valence electrons. The lowest BCUT2D eigenvalue weighted by molar-refractivity contribution is 0.0854. The zero-order valence-corrected chi connectivity index (χ0v) is 12.9. The molecule has 0 bridgehead atoms. The van der Waals surface area contributed by atoms with E-state index in [0.717, 1.165) is 31.6 Å². The molecule has 1 fully saturated rings. The lowest BCUT2D eigenvalue weighted by atomic mass is 10.2. The number of nitrogens with zero attached hydrogens (tertiary/aromatic N) is 1.